The first-order chi connectivity index (χ1) is 13.2. The largest absolute Gasteiger partial charge is 0.351 e. The molecule has 3 heterocycles. The molecule has 1 atom stereocenters. The zero-order valence-corrected chi connectivity index (χ0v) is 16.0. The van der Waals surface area contributed by atoms with Gasteiger partial charge in [0.1, 0.15) is 11.4 Å². The minimum Gasteiger partial charge on any atom is -0.351 e. The maximum absolute atomic E-state index is 12.4. The number of carbonyl (C=O) groups excluding carboxylic acids is 1. The molecule has 7 nitrogen and oxygen atoms in total. The van der Waals surface area contributed by atoms with E-state index in [9.17, 15) is 4.79 Å². The molecule has 0 radical (unpaired) electrons. The van der Waals surface area contributed by atoms with Crippen LogP contribution in [-0.2, 0) is 18.4 Å². The third-order valence-electron chi connectivity index (χ3n) is 4.72. The minimum atomic E-state index is 0.0437. The number of nitrogens with zero attached hydrogens (tertiary/aromatic N) is 5. The maximum atomic E-state index is 12.4. The Morgan fingerprint density at radius 3 is 3.00 bits per heavy atom. The van der Waals surface area contributed by atoms with Gasteiger partial charge in [-0.3, -0.25) is 14.4 Å². The number of fused-ring (bicyclic) bond motifs is 1. The van der Waals surface area contributed by atoms with Crippen molar-refractivity contribution < 1.29 is 4.79 Å². The predicted octanol–water partition coefficient (Wildman–Crippen LogP) is 1.85. The molecule has 1 saturated heterocycles. The second-order valence-corrected chi connectivity index (χ2v) is 7.71. The molecule has 27 heavy (non-hydrogen) atoms. The zero-order valence-electron chi connectivity index (χ0n) is 15.2. The van der Waals surface area contributed by atoms with Gasteiger partial charge in [-0.2, -0.15) is 5.10 Å². The van der Waals surface area contributed by atoms with E-state index in [4.69, 9.17) is 0 Å². The van der Waals surface area contributed by atoms with Crippen LogP contribution in [0.2, 0.25) is 0 Å². The first-order valence-corrected chi connectivity index (χ1v) is 9.99. The van der Waals surface area contributed by atoms with E-state index in [1.807, 2.05) is 13.1 Å². The molecule has 1 aromatic carbocycles. The number of amides is 1. The van der Waals surface area contributed by atoms with E-state index in [-0.39, 0.29) is 11.9 Å². The van der Waals surface area contributed by atoms with Crippen LogP contribution < -0.4 is 5.32 Å². The summed E-state index contributed by atoms with van der Waals surface area (Å²) in [6.45, 7) is 2.84. The minimum absolute atomic E-state index is 0.0437. The number of nitrogens with one attached hydrogen (secondary N) is 1. The van der Waals surface area contributed by atoms with Crippen molar-refractivity contribution in [3.05, 3.63) is 48.4 Å². The molecule has 2 aromatic heterocycles. The molecule has 1 aliphatic rings. The van der Waals surface area contributed by atoms with Crippen molar-refractivity contribution >= 4 is 28.7 Å². The van der Waals surface area contributed by atoms with Crippen molar-refractivity contribution in [1.82, 2.24) is 30.0 Å². The van der Waals surface area contributed by atoms with Crippen molar-refractivity contribution in [3.8, 4) is 0 Å². The molecule has 0 unspecified atom stereocenters. The van der Waals surface area contributed by atoms with Crippen molar-refractivity contribution in [3.63, 3.8) is 0 Å². The average Bonchev–Trinajstić information content (AvgIpc) is 3.28. The molecule has 0 aliphatic carbocycles. The Morgan fingerprint density at radius 1 is 1.30 bits per heavy atom. The summed E-state index contributed by atoms with van der Waals surface area (Å²) >= 11 is 1.43. The van der Waals surface area contributed by atoms with Crippen LogP contribution in [0.4, 0.5) is 0 Å². The lowest BCUT2D eigenvalue weighted by Crippen LogP contribution is -2.38. The van der Waals surface area contributed by atoms with Gasteiger partial charge in [0.05, 0.1) is 17.3 Å². The fourth-order valence-electron chi connectivity index (χ4n) is 3.39. The van der Waals surface area contributed by atoms with E-state index in [2.05, 4.69) is 49.5 Å². The van der Waals surface area contributed by atoms with Crippen LogP contribution >= 0.6 is 11.8 Å². The number of aryl methyl sites for hydroxylation is 1. The molecule has 1 N–H and O–H groups in total. The lowest BCUT2D eigenvalue weighted by molar-refractivity contribution is -0.119. The Hall–Kier alpha value is -2.45. The summed E-state index contributed by atoms with van der Waals surface area (Å²) in [6.07, 6.45) is 4.25. The van der Waals surface area contributed by atoms with E-state index in [0.717, 1.165) is 42.1 Å². The van der Waals surface area contributed by atoms with Gasteiger partial charge in [0, 0.05) is 32.7 Å². The molecular weight excluding hydrogens is 360 g/mol. The normalized spacial score (nSPS) is 17.4. The van der Waals surface area contributed by atoms with Crippen LogP contribution in [0.5, 0.6) is 0 Å². The van der Waals surface area contributed by atoms with E-state index in [1.165, 1.54) is 23.7 Å². The number of aromatic nitrogens is 4. The highest BCUT2D eigenvalue weighted by Gasteiger charge is 2.24. The van der Waals surface area contributed by atoms with Crippen LogP contribution in [0.25, 0.3) is 11.0 Å². The zero-order chi connectivity index (χ0) is 18.6. The molecule has 0 spiro atoms. The Labute approximate surface area is 162 Å². The molecule has 3 aromatic rings. The van der Waals surface area contributed by atoms with Crippen molar-refractivity contribution in [2.75, 3.05) is 18.8 Å². The van der Waals surface area contributed by atoms with Gasteiger partial charge < -0.3 is 5.32 Å². The molecule has 0 bridgehead atoms. The number of likely N-dealkylation sites (tertiary alicyclic amines) is 1. The van der Waals surface area contributed by atoms with Gasteiger partial charge >= 0.3 is 0 Å². The Morgan fingerprint density at radius 2 is 2.15 bits per heavy atom. The Bertz CT molecular complexity index is 928. The SMILES string of the molecule is Cn1ncc2c(SCC(=O)N[C@H]3CCN(Cc4ccccc4)C3)ncnc21. The summed E-state index contributed by atoms with van der Waals surface area (Å²) in [7, 11) is 1.85. The van der Waals surface area contributed by atoms with Gasteiger partial charge in [0.2, 0.25) is 5.91 Å². The Balaban J connectivity index is 1.27. The average molecular weight is 382 g/mol. The van der Waals surface area contributed by atoms with Gasteiger partial charge in [-0.15, -0.1) is 0 Å². The molecule has 1 aliphatic heterocycles. The Kier molecular flexibility index (Phi) is 5.35. The lowest BCUT2D eigenvalue weighted by Gasteiger charge is -2.16. The fourth-order valence-corrected chi connectivity index (χ4v) is 4.17. The third-order valence-corrected chi connectivity index (χ3v) is 5.72. The summed E-state index contributed by atoms with van der Waals surface area (Å²) in [5.74, 6) is 0.387. The smallest absolute Gasteiger partial charge is 0.230 e. The van der Waals surface area contributed by atoms with Gasteiger partial charge in [-0.1, -0.05) is 42.1 Å². The van der Waals surface area contributed by atoms with E-state index in [1.54, 1.807) is 10.9 Å². The van der Waals surface area contributed by atoms with Crippen LogP contribution in [0.3, 0.4) is 0 Å². The highest BCUT2D eigenvalue weighted by molar-refractivity contribution is 8.00. The lowest BCUT2D eigenvalue weighted by atomic mass is 10.2. The third kappa shape index (κ3) is 4.28. The van der Waals surface area contributed by atoms with Gasteiger partial charge in [-0.25, -0.2) is 9.97 Å². The second-order valence-electron chi connectivity index (χ2n) is 6.75. The second kappa shape index (κ2) is 8.06. The van der Waals surface area contributed by atoms with Crippen molar-refractivity contribution in [1.29, 1.82) is 0 Å². The van der Waals surface area contributed by atoms with E-state index < -0.39 is 0 Å². The van der Waals surface area contributed by atoms with Crippen LogP contribution in [0.15, 0.2) is 47.9 Å². The number of hydrogen-bond donors (Lipinski definition) is 1. The number of carbonyl (C=O) groups is 1. The molecule has 0 saturated carbocycles. The van der Waals surface area contributed by atoms with Crippen molar-refractivity contribution in [2.45, 2.75) is 24.0 Å². The summed E-state index contributed by atoms with van der Waals surface area (Å²) in [4.78, 5) is 23.3. The monoisotopic (exact) mass is 382 g/mol. The number of hydrogen-bond acceptors (Lipinski definition) is 6. The topological polar surface area (TPSA) is 75.9 Å². The summed E-state index contributed by atoms with van der Waals surface area (Å²) in [6, 6.07) is 10.7. The highest BCUT2D eigenvalue weighted by atomic mass is 32.2. The van der Waals surface area contributed by atoms with Crippen LogP contribution in [-0.4, -0.2) is 55.4 Å². The predicted molar refractivity (Wildman–Crippen MR) is 105 cm³/mol. The molecule has 8 heteroatoms. The fraction of sp³-hybridized carbons (Fsp3) is 0.368. The number of thioether (sulfide) groups is 1. The van der Waals surface area contributed by atoms with Gasteiger partial charge in [0.25, 0.3) is 0 Å². The van der Waals surface area contributed by atoms with Gasteiger partial charge in [-0.05, 0) is 12.0 Å². The molecule has 1 fully saturated rings. The molecule has 1 amide bonds. The summed E-state index contributed by atoms with van der Waals surface area (Å²) in [5.41, 5.74) is 2.09. The molecule has 140 valence electrons. The highest BCUT2D eigenvalue weighted by Crippen LogP contribution is 2.23. The first-order valence-electron chi connectivity index (χ1n) is 9.00. The maximum Gasteiger partial charge on any atom is 0.230 e. The van der Waals surface area contributed by atoms with Crippen LogP contribution in [0, 0.1) is 0 Å². The number of rotatable bonds is 6. The quantitative estimate of drug-likeness (QED) is 0.518. The number of benzene rings is 1. The standard InChI is InChI=1S/C19H22N6OS/c1-24-18-16(9-22-24)19(21-13-20-18)27-12-17(26)23-15-7-8-25(11-15)10-14-5-3-2-4-6-14/h2-6,9,13,15H,7-8,10-12H2,1H3,(H,23,26)/t15-/m0/s1. The first kappa shape index (κ1) is 17.9. The van der Waals surface area contributed by atoms with Crippen molar-refractivity contribution in [2.24, 2.45) is 7.05 Å². The van der Waals surface area contributed by atoms with E-state index >= 15 is 0 Å². The van der Waals surface area contributed by atoms with Gasteiger partial charge in [0.15, 0.2) is 5.65 Å². The summed E-state index contributed by atoms with van der Waals surface area (Å²) in [5, 5.41) is 9.03. The van der Waals surface area contributed by atoms with Crippen LogP contribution in [0.1, 0.15) is 12.0 Å². The molecule has 4 rings (SSSR count). The molecular formula is C19H22N6OS. The summed E-state index contributed by atoms with van der Waals surface area (Å²) < 4.78 is 1.71. The van der Waals surface area contributed by atoms with E-state index in [0.29, 0.717) is 5.75 Å².